The number of rotatable bonds is 4. The number of carbonyl (C=O) groups excluding carboxylic acids is 1. The topological polar surface area (TPSA) is 49.6 Å². The second kappa shape index (κ2) is 6.86. The minimum absolute atomic E-state index is 0.104. The van der Waals surface area contributed by atoms with E-state index in [0.29, 0.717) is 12.5 Å². The van der Waals surface area contributed by atoms with Crippen molar-refractivity contribution in [2.45, 2.75) is 19.4 Å². The van der Waals surface area contributed by atoms with E-state index in [9.17, 15) is 4.79 Å². The molecular weight excluding hydrogens is 250 g/mol. The number of carbonyl (C=O) groups is 1. The zero-order valence-corrected chi connectivity index (χ0v) is 12.5. The maximum atomic E-state index is 12.4. The molecule has 1 aromatic carbocycles. The second-order valence-corrected chi connectivity index (χ2v) is 5.83. The Morgan fingerprint density at radius 1 is 1.30 bits per heavy atom. The average Bonchev–Trinajstić information content (AvgIpc) is 2.49. The van der Waals surface area contributed by atoms with Crippen LogP contribution in [0.4, 0.5) is 0 Å². The summed E-state index contributed by atoms with van der Waals surface area (Å²) >= 11 is 0. The van der Waals surface area contributed by atoms with Gasteiger partial charge >= 0.3 is 0 Å². The molecule has 1 saturated heterocycles. The van der Waals surface area contributed by atoms with Crippen molar-refractivity contribution in [2.24, 2.45) is 11.7 Å². The van der Waals surface area contributed by atoms with Crippen LogP contribution in [0.1, 0.15) is 28.8 Å². The van der Waals surface area contributed by atoms with Gasteiger partial charge in [0.15, 0.2) is 0 Å². The highest BCUT2D eigenvalue weighted by atomic mass is 16.2. The number of benzene rings is 1. The van der Waals surface area contributed by atoms with Gasteiger partial charge in [-0.25, -0.2) is 0 Å². The van der Waals surface area contributed by atoms with Crippen LogP contribution in [0.5, 0.6) is 0 Å². The lowest BCUT2D eigenvalue weighted by molar-refractivity contribution is 0.0747. The van der Waals surface area contributed by atoms with E-state index in [-0.39, 0.29) is 5.91 Å². The van der Waals surface area contributed by atoms with E-state index in [4.69, 9.17) is 5.73 Å². The highest BCUT2D eigenvalue weighted by molar-refractivity contribution is 5.94. The summed E-state index contributed by atoms with van der Waals surface area (Å²) in [5.41, 5.74) is 7.37. The fraction of sp³-hybridized carbons (Fsp3) is 0.562. The first-order chi connectivity index (χ1) is 9.60. The molecule has 0 unspecified atom stereocenters. The van der Waals surface area contributed by atoms with Crippen LogP contribution >= 0.6 is 0 Å². The van der Waals surface area contributed by atoms with Gasteiger partial charge < -0.3 is 15.5 Å². The molecule has 1 heterocycles. The van der Waals surface area contributed by atoms with Crippen molar-refractivity contribution in [2.75, 3.05) is 33.7 Å². The number of likely N-dealkylation sites (tertiary alicyclic amines) is 1. The summed E-state index contributed by atoms with van der Waals surface area (Å²) in [7, 11) is 4.06. The molecule has 0 spiro atoms. The Kier molecular flexibility index (Phi) is 5.15. The van der Waals surface area contributed by atoms with Crippen molar-refractivity contribution in [3.63, 3.8) is 0 Å². The highest BCUT2D eigenvalue weighted by Crippen LogP contribution is 2.17. The van der Waals surface area contributed by atoms with Crippen LogP contribution in [0.15, 0.2) is 24.3 Å². The van der Waals surface area contributed by atoms with Crippen LogP contribution in [0.3, 0.4) is 0 Å². The monoisotopic (exact) mass is 275 g/mol. The summed E-state index contributed by atoms with van der Waals surface area (Å²) in [5.74, 6) is 0.732. The van der Waals surface area contributed by atoms with E-state index in [1.54, 1.807) is 0 Å². The Morgan fingerprint density at radius 2 is 1.90 bits per heavy atom. The lowest BCUT2D eigenvalue weighted by atomic mass is 9.96. The van der Waals surface area contributed by atoms with Crippen LogP contribution in [0.2, 0.25) is 0 Å². The lowest BCUT2D eigenvalue weighted by Gasteiger charge is -2.31. The van der Waals surface area contributed by atoms with Crippen molar-refractivity contribution in [1.29, 1.82) is 0 Å². The number of piperidine rings is 1. The molecule has 0 bridgehead atoms. The number of hydrogen-bond donors (Lipinski definition) is 1. The molecule has 1 amide bonds. The zero-order chi connectivity index (χ0) is 14.5. The molecule has 0 atom stereocenters. The standard InChI is InChI=1S/C16H25N3O/c1-18-9-7-14(8-10-18)12-19(2)16(20)15-5-3-13(11-17)4-6-15/h3-6,14H,7-12,17H2,1-2H3. The summed E-state index contributed by atoms with van der Waals surface area (Å²) in [6.07, 6.45) is 2.36. The van der Waals surface area contributed by atoms with Crippen molar-refractivity contribution < 1.29 is 4.79 Å². The molecule has 4 nitrogen and oxygen atoms in total. The van der Waals surface area contributed by atoms with E-state index in [1.165, 1.54) is 12.8 Å². The normalized spacial score (nSPS) is 17.1. The number of hydrogen-bond acceptors (Lipinski definition) is 3. The zero-order valence-electron chi connectivity index (χ0n) is 12.5. The number of nitrogens with zero attached hydrogens (tertiary/aromatic N) is 2. The van der Waals surface area contributed by atoms with Crippen LogP contribution in [-0.2, 0) is 6.54 Å². The van der Waals surface area contributed by atoms with Gasteiger partial charge in [-0.3, -0.25) is 4.79 Å². The minimum Gasteiger partial charge on any atom is -0.341 e. The van der Waals surface area contributed by atoms with Gasteiger partial charge in [-0.1, -0.05) is 12.1 Å². The molecule has 0 aliphatic carbocycles. The van der Waals surface area contributed by atoms with Crippen molar-refractivity contribution >= 4 is 5.91 Å². The molecule has 2 N–H and O–H groups in total. The Balaban J connectivity index is 1.90. The first-order valence-electron chi connectivity index (χ1n) is 7.33. The van der Waals surface area contributed by atoms with E-state index < -0.39 is 0 Å². The third kappa shape index (κ3) is 3.81. The van der Waals surface area contributed by atoms with Crippen molar-refractivity contribution in [3.05, 3.63) is 35.4 Å². The maximum absolute atomic E-state index is 12.4. The van der Waals surface area contributed by atoms with Crippen molar-refractivity contribution in [3.8, 4) is 0 Å². The van der Waals surface area contributed by atoms with Gasteiger partial charge in [-0.15, -0.1) is 0 Å². The van der Waals surface area contributed by atoms with Gasteiger partial charge in [-0.2, -0.15) is 0 Å². The summed E-state index contributed by atoms with van der Waals surface area (Å²) in [4.78, 5) is 16.6. The Labute approximate surface area is 121 Å². The van der Waals surface area contributed by atoms with E-state index in [1.807, 2.05) is 36.2 Å². The van der Waals surface area contributed by atoms with Crippen LogP contribution in [0, 0.1) is 5.92 Å². The van der Waals surface area contributed by atoms with Crippen molar-refractivity contribution in [1.82, 2.24) is 9.80 Å². The molecule has 0 aromatic heterocycles. The van der Waals surface area contributed by atoms with Gasteiger partial charge in [0, 0.05) is 25.7 Å². The Bertz CT molecular complexity index is 436. The van der Waals surface area contributed by atoms with Crippen LogP contribution in [-0.4, -0.2) is 49.4 Å². The fourth-order valence-electron chi connectivity index (χ4n) is 2.72. The second-order valence-electron chi connectivity index (χ2n) is 5.83. The molecule has 1 aromatic rings. The van der Waals surface area contributed by atoms with E-state index >= 15 is 0 Å². The smallest absolute Gasteiger partial charge is 0.253 e. The lowest BCUT2D eigenvalue weighted by Crippen LogP contribution is -2.37. The molecule has 1 aliphatic heterocycles. The molecule has 2 rings (SSSR count). The summed E-state index contributed by atoms with van der Waals surface area (Å²) in [6, 6.07) is 7.60. The van der Waals surface area contributed by atoms with Gasteiger partial charge in [0.2, 0.25) is 0 Å². The SMILES string of the molecule is CN1CCC(CN(C)C(=O)c2ccc(CN)cc2)CC1. The quantitative estimate of drug-likeness (QED) is 0.907. The number of amides is 1. The first-order valence-corrected chi connectivity index (χ1v) is 7.33. The van der Waals surface area contributed by atoms with Gasteiger partial charge in [0.25, 0.3) is 5.91 Å². The van der Waals surface area contributed by atoms with E-state index in [0.717, 1.165) is 30.8 Å². The van der Waals surface area contributed by atoms with Gasteiger partial charge in [0.1, 0.15) is 0 Å². The van der Waals surface area contributed by atoms with Crippen LogP contribution < -0.4 is 5.73 Å². The van der Waals surface area contributed by atoms with Gasteiger partial charge in [0.05, 0.1) is 0 Å². The molecule has 1 aliphatic rings. The molecule has 1 fully saturated rings. The molecule has 20 heavy (non-hydrogen) atoms. The average molecular weight is 275 g/mol. The third-order valence-corrected chi connectivity index (χ3v) is 4.15. The largest absolute Gasteiger partial charge is 0.341 e. The molecule has 4 heteroatoms. The number of nitrogens with two attached hydrogens (primary N) is 1. The molecular formula is C16H25N3O. The summed E-state index contributed by atoms with van der Waals surface area (Å²) in [6.45, 7) is 3.64. The first kappa shape index (κ1) is 15.0. The molecule has 0 radical (unpaired) electrons. The predicted molar refractivity (Wildman–Crippen MR) is 81.5 cm³/mol. The molecule has 0 saturated carbocycles. The van der Waals surface area contributed by atoms with E-state index in [2.05, 4.69) is 11.9 Å². The third-order valence-electron chi connectivity index (χ3n) is 4.15. The maximum Gasteiger partial charge on any atom is 0.253 e. The molecule has 110 valence electrons. The highest BCUT2D eigenvalue weighted by Gasteiger charge is 2.20. The van der Waals surface area contributed by atoms with Gasteiger partial charge in [-0.05, 0) is 56.6 Å². The summed E-state index contributed by atoms with van der Waals surface area (Å²) in [5, 5.41) is 0. The Morgan fingerprint density at radius 3 is 2.45 bits per heavy atom. The van der Waals surface area contributed by atoms with Crippen LogP contribution in [0.25, 0.3) is 0 Å². The minimum atomic E-state index is 0.104. The Hall–Kier alpha value is -1.39. The predicted octanol–water partition coefficient (Wildman–Crippen LogP) is 1.56. The fourth-order valence-corrected chi connectivity index (χ4v) is 2.72. The summed E-state index contributed by atoms with van der Waals surface area (Å²) < 4.78 is 0.